The van der Waals surface area contributed by atoms with Gasteiger partial charge in [-0.3, -0.25) is 4.79 Å². The van der Waals surface area contributed by atoms with E-state index in [9.17, 15) is 4.79 Å². The van der Waals surface area contributed by atoms with Crippen LogP contribution >= 0.6 is 11.6 Å². The Balaban J connectivity index is 0.000000604. The second-order valence-electron chi connectivity index (χ2n) is 7.72. The van der Waals surface area contributed by atoms with Gasteiger partial charge >= 0.3 is 11.9 Å². The first kappa shape index (κ1) is 26.6. The molecule has 0 aromatic heterocycles. The maximum Gasteiger partial charge on any atom is 0.414 e. The molecule has 3 aromatic rings. The molecule has 0 aliphatic carbocycles. The number of rotatable bonds is 7. The van der Waals surface area contributed by atoms with Gasteiger partial charge in [0.25, 0.3) is 5.91 Å². The highest BCUT2D eigenvalue weighted by Gasteiger charge is 2.16. The van der Waals surface area contributed by atoms with Crippen LogP contribution in [0.4, 0.5) is 0 Å². The highest BCUT2D eigenvalue weighted by atomic mass is 35.5. The van der Waals surface area contributed by atoms with Crippen molar-refractivity contribution in [2.45, 2.75) is 12.5 Å². The quantitative estimate of drug-likeness (QED) is 0.425. The van der Waals surface area contributed by atoms with Crippen molar-refractivity contribution in [2.75, 3.05) is 20.6 Å². The molecule has 0 aliphatic heterocycles. The second kappa shape index (κ2) is 13.1. The van der Waals surface area contributed by atoms with Gasteiger partial charge in [-0.05, 0) is 68.0 Å². The molecule has 0 spiro atoms. The Morgan fingerprint density at radius 3 is 1.85 bits per heavy atom. The van der Waals surface area contributed by atoms with Gasteiger partial charge in [0.2, 0.25) is 0 Å². The van der Waals surface area contributed by atoms with Crippen molar-refractivity contribution in [3.05, 3.63) is 95.0 Å². The van der Waals surface area contributed by atoms with Crippen LogP contribution in [0.15, 0.2) is 78.9 Å². The summed E-state index contributed by atoms with van der Waals surface area (Å²) in [6.07, 6.45) is 0.822. The van der Waals surface area contributed by atoms with E-state index in [1.165, 1.54) is 0 Å². The molecule has 7 nitrogen and oxygen atoms in total. The lowest BCUT2D eigenvalue weighted by atomic mass is 10.0. The molecule has 0 aliphatic rings. The molecular weight excluding hydrogens is 456 g/mol. The van der Waals surface area contributed by atoms with Crippen molar-refractivity contribution in [2.24, 2.45) is 0 Å². The Morgan fingerprint density at radius 1 is 0.824 bits per heavy atom. The van der Waals surface area contributed by atoms with Crippen molar-refractivity contribution in [1.82, 2.24) is 10.2 Å². The minimum atomic E-state index is -1.82. The van der Waals surface area contributed by atoms with Crippen LogP contribution in [-0.2, 0) is 9.59 Å². The van der Waals surface area contributed by atoms with Crippen LogP contribution in [-0.4, -0.2) is 53.6 Å². The summed E-state index contributed by atoms with van der Waals surface area (Å²) in [6.45, 7) is 0.876. The van der Waals surface area contributed by atoms with Gasteiger partial charge < -0.3 is 20.4 Å². The molecule has 0 fully saturated rings. The SMILES string of the molecule is CN(C)CCC(NC(=O)c1ccc(-c2ccccc2)cc1)c1ccc(Cl)cc1.O=C(O)C(=O)O. The zero-order valence-corrected chi connectivity index (χ0v) is 19.7. The third-order valence-corrected chi connectivity index (χ3v) is 5.13. The number of aliphatic carboxylic acids is 2. The van der Waals surface area contributed by atoms with Crippen LogP contribution in [0.3, 0.4) is 0 Å². The molecule has 1 atom stereocenters. The van der Waals surface area contributed by atoms with E-state index in [4.69, 9.17) is 31.4 Å². The molecule has 3 N–H and O–H groups in total. The van der Waals surface area contributed by atoms with Gasteiger partial charge in [-0.15, -0.1) is 0 Å². The number of nitrogens with zero attached hydrogens (tertiary/aromatic N) is 1. The number of amides is 1. The highest BCUT2D eigenvalue weighted by molar-refractivity contribution is 6.30. The normalized spacial score (nSPS) is 11.2. The number of halogens is 1. The molecule has 1 unspecified atom stereocenters. The van der Waals surface area contributed by atoms with E-state index in [0.29, 0.717) is 10.6 Å². The summed E-state index contributed by atoms with van der Waals surface area (Å²) < 4.78 is 0. The van der Waals surface area contributed by atoms with Gasteiger partial charge in [-0.2, -0.15) is 0 Å². The molecule has 0 saturated heterocycles. The molecule has 0 bridgehead atoms. The minimum absolute atomic E-state index is 0.0685. The fourth-order valence-electron chi connectivity index (χ4n) is 3.09. The number of carbonyl (C=O) groups is 3. The smallest absolute Gasteiger partial charge is 0.414 e. The Labute approximate surface area is 203 Å². The Kier molecular flexibility index (Phi) is 10.3. The predicted octanol–water partition coefficient (Wildman–Crippen LogP) is 4.59. The fourth-order valence-corrected chi connectivity index (χ4v) is 3.22. The maximum atomic E-state index is 12.8. The van der Waals surface area contributed by atoms with E-state index in [1.54, 1.807) is 0 Å². The molecule has 34 heavy (non-hydrogen) atoms. The summed E-state index contributed by atoms with van der Waals surface area (Å²) >= 11 is 6.02. The zero-order chi connectivity index (χ0) is 25.1. The second-order valence-corrected chi connectivity index (χ2v) is 8.16. The predicted molar refractivity (Wildman–Crippen MR) is 132 cm³/mol. The van der Waals surface area contributed by atoms with Crippen molar-refractivity contribution in [3.8, 4) is 11.1 Å². The average Bonchev–Trinajstić information content (AvgIpc) is 2.83. The lowest BCUT2D eigenvalue weighted by Gasteiger charge is -2.21. The number of hydrogen-bond acceptors (Lipinski definition) is 4. The van der Waals surface area contributed by atoms with Gasteiger partial charge in [-0.1, -0.05) is 66.2 Å². The van der Waals surface area contributed by atoms with Crippen LogP contribution in [0.25, 0.3) is 11.1 Å². The van der Waals surface area contributed by atoms with Crippen molar-refractivity contribution >= 4 is 29.4 Å². The van der Waals surface area contributed by atoms with Gasteiger partial charge in [0, 0.05) is 10.6 Å². The van der Waals surface area contributed by atoms with Crippen LogP contribution in [0, 0.1) is 0 Å². The summed E-state index contributed by atoms with van der Waals surface area (Å²) in [7, 11) is 4.06. The van der Waals surface area contributed by atoms with E-state index in [0.717, 1.165) is 29.7 Å². The molecule has 0 heterocycles. The van der Waals surface area contributed by atoms with Gasteiger partial charge in [0.1, 0.15) is 0 Å². The first-order chi connectivity index (χ1) is 16.2. The minimum Gasteiger partial charge on any atom is -0.473 e. The molecule has 3 rings (SSSR count). The number of carboxylic acids is 2. The molecule has 0 radical (unpaired) electrons. The molecule has 3 aromatic carbocycles. The summed E-state index contributed by atoms with van der Waals surface area (Å²) in [5.74, 6) is -3.72. The van der Waals surface area contributed by atoms with Crippen LogP contribution < -0.4 is 5.32 Å². The van der Waals surface area contributed by atoms with E-state index in [-0.39, 0.29) is 11.9 Å². The third-order valence-electron chi connectivity index (χ3n) is 4.88. The van der Waals surface area contributed by atoms with E-state index < -0.39 is 11.9 Å². The monoisotopic (exact) mass is 482 g/mol. The summed E-state index contributed by atoms with van der Waals surface area (Å²) in [6, 6.07) is 25.5. The van der Waals surface area contributed by atoms with Crippen LogP contribution in [0.1, 0.15) is 28.4 Å². The standard InChI is InChI=1S/C24H25ClN2O.C2H2O4/c1-27(2)17-16-23(20-12-14-22(25)15-13-20)26-24(28)21-10-8-19(9-11-21)18-6-4-3-5-7-18;3-1(4)2(5)6/h3-15,23H,16-17H2,1-2H3,(H,26,28);(H,3,4)(H,5,6). The summed E-state index contributed by atoms with van der Waals surface area (Å²) in [4.78, 5) is 33.2. The van der Waals surface area contributed by atoms with Crippen molar-refractivity contribution in [1.29, 1.82) is 0 Å². The number of nitrogens with one attached hydrogen (secondary N) is 1. The Morgan fingerprint density at radius 2 is 1.35 bits per heavy atom. The van der Waals surface area contributed by atoms with Crippen molar-refractivity contribution < 1.29 is 24.6 Å². The largest absolute Gasteiger partial charge is 0.473 e. The Bertz CT molecular complexity index is 1070. The van der Waals surface area contributed by atoms with Gasteiger partial charge in [-0.25, -0.2) is 9.59 Å². The lowest BCUT2D eigenvalue weighted by molar-refractivity contribution is -0.159. The zero-order valence-electron chi connectivity index (χ0n) is 18.9. The number of carbonyl (C=O) groups excluding carboxylic acids is 1. The van der Waals surface area contributed by atoms with Gasteiger partial charge in [0.05, 0.1) is 6.04 Å². The Hall–Kier alpha value is -3.68. The number of benzene rings is 3. The highest BCUT2D eigenvalue weighted by Crippen LogP contribution is 2.22. The summed E-state index contributed by atoms with van der Waals surface area (Å²) in [5.41, 5.74) is 3.95. The molecule has 8 heteroatoms. The number of carboxylic acid groups (broad SMARTS) is 2. The lowest BCUT2D eigenvalue weighted by Crippen LogP contribution is -2.31. The topological polar surface area (TPSA) is 107 Å². The van der Waals surface area contributed by atoms with E-state index in [1.807, 2.05) is 80.8 Å². The van der Waals surface area contributed by atoms with Crippen LogP contribution in [0.2, 0.25) is 5.02 Å². The molecule has 178 valence electrons. The molecule has 0 saturated carbocycles. The summed E-state index contributed by atoms with van der Waals surface area (Å²) in [5, 5.41) is 18.6. The fraction of sp³-hybridized carbons (Fsp3) is 0.192. The van der Waals surface area contributed by atoms with Crippen molar-refractivity contribution in [3.63, 3.8) is 0 Å². The van der Waals surface area contributed by atoms with E-state index >= 15 is 0 Å². The van der Waals surface area contributed by atoms with Crippen LogP contribution in [0.5, 0.6) is 0 Å². The average molecular weight is 483 g/mol. The third kappa shape index (κ3) is 8.69. The first-order valence-electron chi connectivity index (χ1n) is 10.5. The maximum absolute atomic E-state index is 12.8. The van der Waals surface area contributed by atoms with Gasteiger partial charge in [0.15, 0.2) is 0 Å². The first-order valence-corrected chi connectivity index (χ1v) is 10.9. The molecular formula is C26H27ClN2O5. The number of hydrogen-bond donors (Lipinski definition) is 3. The van der Waals surface area contributed by atoms with E-state index in [2.05, 4.69) is 22.3 Å². The molecule has 1 amide bonds.